The normalized spacial score (nSPS) is 17.7. The van der Waals surface area contributed by atoms with Gasteiger partial charge in [-0.2, -0.15) is 0 Å². The molecular weight excluding hydrogens is 305 g/mol. The molecule has 0 radical (unpaired) electrons. The lowest BCUT2D eigenvalue weighted by Gasteiger charge is -2.28. The predicted molar refractivity (Wildman–Crippen MR) is 80.0 cm³/mol. The van der Waals surface area contributed by atoms with Crippen LogP contribution in [0.2, 0.25) is 0 Å². The summed E-state index contributed by atoms with van der Waals surface area (Å²) in [5, 5.41) is 3.55. The number of anilines is 1. The van der Waals surface area contributed by atoms with Crippen LogP contribution >= 0.6 is 15.9 Å². The Hall–Kier alpha value is -1.35. The predicted octanol–water partition coefficient (Wildman–Crippen LogP) is 5.00. The van der Waals surface area contributed by atoms with Gasteiger partial charge in [0, 0.05) is 10.2 Å². The molecule has 0 aromatic heterocycles. The lowest BCUT2D eigenvalue weighted by molar-refractivity contribution is 0.622. The second-order valence-electron chi connectivity index (χ2n) is 5.05. The van der Waals surface area contributed by atoms with Crippen molar-refractivity contribution in [1.82, 2.24) is 0 Å². The van der Waals surface area contributed by atoms with E-state index in [-0.39, 0.29) is 11.9 Å². The summed E-state index contributed by atoms with van der Waals surface area (Å²) in [7, 11) is 0. The van der Waals surface area contributed by atoms with Gasteiger partial charge in [-0.3, -0.25) is 0 Å². The fraction of sp³-hybridized carbons (Fsp3) is 0.250. The maximum Gasteiger partial charge on any atom is 0.123 e. The van der Waals surface area contributed by atoms with Crippen molar-refractivity contribution in [3.8, 4) is 0 Å². The van der Waals surface area contributed by atoms with E-state index in [4.69, 9.17) is 0 Å². The van der Waals surface area contributed by atoms with Crippen molar-refractivity contribution in [2.45, 2.75) is 25.8 Å². The molecule has 1 aliphatic rings. The van der Waals surface area contributed by atoms with Crippen molar-refractivity contribution in [3.05, 3.63) is 63.4 Å². The van der Waals surface area contributed by atoms with Gasteiger partial charge in [-0.15, -0.1) is 0 Å². The number of halogens is 2. The summed E-state index contributed by atoms with van der Waals surface area (Å²) in [6.45, 7) is 2.11. The van der Waals surface area contributed by atoms with Crippen LogP contribution in [0.25, 0.3) is 0 Å². The number of fused-ring (bicyclic) bond motifs is 1. The molecule has 98 valence electrons. The third-order valence-corrected chi connectivity index (χ3v) is 4.54. The summed E-state index contributed by atoms with van der Waals surface area (Å²) < 4.78 is 14.1. The molecule has 1 unspecified atom stereocenters. The molecule has 0 fully saturated rings. The number of hydrogen-bond acceptors (Lipinski definition) is 1. The van der Waals surface area contributed by atoms with Crippen LogP contribution in [-0.4, -0.2) is 0 Å². The number of nitrogens with one attached hydrogen (secondary N) is 1. The molecule has 0 aliphatic carbocycles. The van der Waals surface area contributed by atoms with E-state index in [1.807, 2.05) is 12.1 Å². The Kier molecular flexibility index (Phi) is 3.31. The lowest BCUT2D eigenvalue weighted by atomic mass is 9.92. The zero-order valence-electron chi connectivity index (χ0n) is 10.7. The van der Waals surface area contributed by atoms with Crippen LogP contribution in [0.3, 0.4) is 0 Å². The van der Waals surface area contributed by atoms with Crippen LogP contribution < -0.4 is 5.32 Å². The molecule has 3 rings (SSSR count). The smallest absolute Gasteiger partial charge is 0.123 e. The zero-order chi connectivity index (χ0) is 13.4. The zero-order valence-corrected chi connectivity index (χ0v) is 12.3. The summed E-state index contributed by atoms with van der Waals surface area (Å²) >= 11 is 3.57. The molecular formula is C16H15BrFN. The van der Waals surface area contributed by atoms with Crippen LogP contribution in [0.5, 0.6) is 0 Å². The Morgan fingerprint density at radius 1 is 1.21 bits per heavy atom. The molecule has 1 N–H and O–H groups in total. The average molecular weight is 320 g/mol. The van der Waals surface area contributed by atoms with E-state index in [2.05, 4.69) is 40.3 Å². The third-order valence-electron chi connectivity index (χ3n) is 3.69. The van der Waals surface area contributed by atoms with Crippen molar-refractivity contribution < 1.29 is 4.39 Å². The fourth-order valence-electron chi connectivity index (χ4n) is 2.59. The highest BCUT2D eigenvalue weighted by molar-refractivity contribution is 9.10. The van der Waals surface area contributed by atoms with Gasteiger partial charge in [0.05, 0.1) is 6.04 Å². The van der Waals surface area contributed by atoms with Crippen LogP contribution in [0.15, 0.2) is 40.9 Å². The first-order valence-electron chi connectivity index (χ1n) is 6.44. The molecule has 2 aromatic carbocycles. The number of rotatable bonds is 1. The van der Waals surface area contributed by atoms with Gasteiger partial charge in [0.15, 0.2) is 0 Å². The lowest BCUT2D eigenvalue weighted by Crippen LogP contribution is -2.18. The topological polar surface area (TPSA) is 12.0 Å². The van der Waals surface area contributed by atoms with Crippen LogP contribution in [0, 0.1) is 12.7 Å². The largest absolute Gasteiger partial charge is 0.378 e. The van der Waals surface area contributed by atoms with E-state index < -0.39 is 0 Å². The molecule has 0 spiro atoms. The first-order chi connectivity index (χ1) is 9.13. The SMILES string of the molecule is Cc1cc2c(cc1Br)NC(c1ccc(F)cc1)CC2. The minimum atomic E-state index is -0.182. The first-order valence-corrected chi connectivity index (χ1v) is 7.24. The van der Waals surface area contributed by atoms with Crippen molar-refractivity contribution in [2.75, 3.05) is 5.32 Å². The summed E-state index contributed by atoms with van der Waals surface area (Å²) in [5.74, 6) is -0.182. The molecule has 2 aromatic rings. The van der Waals surface area contributed by atoms with Crippen LogP contribution in [0.1, 0.15) is 29.2 Å². The molecule has 3 heteroatoms. The maximum atomic E-state index is 13.0. The first kappa shape index (κ1) is 12.7. The van der Waals surface area contributed by atoms with Gasteiger partial charge in [0.1, 0.15) is 5.82 Å². The molecule has 1 heterocycles. The standard InChI is InChI=1S/C16H15BrFN/c1-10-8-12-4-7-15(19-16(12)9-14(10)17)11-2-5-13(18)6-3-11/h2-3,5-6,8-9,15,19H,4,7H2,1H3. The maximum absolute atomic E-state index is 13.0. The van der Waals surface area contributed by atoms with E-state index in [0.29, 0.717) is 0 Å². The summed E-state index contributed by atoms with van der Waals surface area (Å²) in [4.78, 5) is 0. The Morgan fingerprint density at radius 3 is 2.68 bits per heavy atom. The van der Waals surface area contributed by atoms with Crippen LogP contribution in [0.4, 0.5) is 10.1 Å². The highest BCUT2D eigenvalue weighted by Gasteiger charge is 2.19. The Balaban J connectivity index is 1.89. The molecule has 1 aliphatic heterocycles. The van der Waals surface area contributed by atoms with Gasteiger partial charge in [0.25, 0.3) is 0 Å². The third kappa shape index (κ3) is 2.52. The number of benzene rings is 2. The Labute approximate surface area is 121 Å². The van der Waals surface area contributed by atoms with Gasteiger partial charge < -0.3 is 5.32 Å². The molecule has 0 amide bonds. The average Bonchev–Trinajstić information content (AvgIpc) is 2.40. The highest BCUT2D eigenvalue weighted by Crippen LogP contribution is 2.35. The summed E-state index contributed by atoms with van der Waals surface area (Å²) in [6, 6.07) is 11.4. The minimum absolute atomic E-state index is 0.182. The van der Waals surface area contributed by atoms with Gasteiger partial charge in [0.2, 0.25) is 0 Å². The molecule has 0 saturated carbocycles. The van der Waals surface area contributed by atoms with E-state index in [0.717, 1.165) is 22.9 Å². The van der Waals surface area contributed by atoms with E-state index in [1.165, 1.54) is 28.9 Å². The second-order valence-corrected chi connectivity index (χ2v) is 5.90. The molecule has 1 nitrogen and oxygen atoms in total. The van der Waals surface area contributed by atoms with Crippen LogP contribution in [-0.2, 0) is 6.42 Å². The quantitative estimate of drug-likeness (QED) is 0.780. The summed E-state index contributed by atoms with van der Waals surface area (Å²) in [6.07, 6.45) is 2.10. The fourth-order valence-corrected chi connectivity index (χ4v) is 2.93. The van der Waals surface area contributed by atoms with E-state index >= 15 is 0 Å². The number of hydrogen-bond donors (Lipinski definition) is 1. The van der Waals surface area contributed by atoms with E-state index in [9.17, 15) is 4.39 Å². The molecule has 19 heavy (non-hydrogen) atoms. The summed E-state index contributed by atoms with van der Waals surface area (Å²) in [5.41, 5.74) is 4.95. The van der Waals surface area contributed by atoms with Crippen molar-refractivity contribution in [3.63, 3.8) is 0 Å². The van der Waals surface area contributed by atoms with Crippen molar-refractivity contribution >= 4 is 21.6 Å². The van der Waals surface area contributed by atoms with Crippen molar-refractivity contribution in [1.29, 1.82) is 0 Å². The molecule has 0 saturated heterocycles. The minimum Gasteiger partial charge on any atom is -0.378 e. The van der Waals surface area contributed by atoms with Crippen molar-refractivity contribution in [2.24, 2.45) is 0 Å². The van der Waals surface area contributed by atoms with E-state index in [1.54, 1.807) is 0 Å². The highest BCUT2D eigenvalue weighted by atomic mass is 79.9. The molecule has 1 atom stereocenters. The van der Waals surface area contributed by atoms with Gasteiger partial charge in [-0.1, -0.05) is 34.1 Å². The monoisotopic (exact) mass is 319 g/mol. The number of aryl methyl sites for hydroxylation is 2. The van der Waals surface area contributed by atoms with Gasteiger partial charge in [-0.25, -0.2) is 4.39 Å². The van der Waals surface area contributed by atoms with Gasteiger partial charge in [-0.05, 0) is 54.7 Å². The Morgan fingerprint density at radius 2 is 1.95 bits per heavy atom. The second kappa shape index (κ2) is 4.97. The molecule has 0 bridgehead atoms. The van der Waals surface area contributed by atoms with Gasteiger partial charge >= 0.3 is 0 Å². The Bertz CT molecular complexity index is 607.